The molecule has 1 atom stereocenters. The Bertz CT molecular complexity index is 1030. The summed E-state index contributed by atoms with van der Waals surface area (Å²) in [6.45, 7) is 2.19. The fraction of sp³-hybridized carbons (Fsp3) is 0.240. The third-order valence-electron chi connectivity index (χ3n) is 4.82. The molecule has 2 aromatic carbocycles. The van der Waals surface area contributed by atoms with Crippen molar-refractivity contribution >= 4 is 29.4 Å². The van der Waals surface area contributed by atoms with Crippen LogP contribution >= 0.6 is 11.8 Å². The molecule has 0 radical (unpaired) electrons. The standard InChI is InChI=1S/C25H27FN4O2S/c1-2-4-23(30-25(32)28-16-18-6-8-20(26)9-7-18)24(31)29-21-10-12-22(13-11-21)33-17-19-5-3-14-27-15-19/h3,5-15,23H,2,4,16-17H2,1H3,(H,29,31)(H2,28,30,32). The van der Waals surface area contributed by atoms with E-state index >= 15 is 0 Å². The molecule has 3 N–H and O–H groups in total. The van der Waals surface area contributed by atoms with Gasteiger partial charge in [0.15, 0.2) is 0 Å². The smallest absolute Gasteiger partial charge is 0.315 e. The van der Waals surface area contributed by atoms with Crippen molar-refractivity contribution < 1.29 is 14.0 Å². The van der Waals surface area contributed by atoms with Crippen LogP contribution in [0.15, 0.2) is 78.0 Å². The molecule has 1 aromatic heterocycles. The van der Waals surface area contributed by atoms with E-state index in [2.05, 4.69) is 20.9 Å². The second-order valence-electron chi connectivity index (χ2n) is 7.46. The number of anilines is 1. The Morgan fingerprint density at radius 1 is 1.03 bits per heavy atom. The highest BCUT2D eigenvalue weighted by molar-refractivity contribution is 7.98. The average Bonchev–Trinajstić information content (AvgIpc) is 2.83. The van der Waals surface area contributed by atoms with Gasteiger partial charge in [0, 0.05) is 35.3 Å². The number of amides is 3. The molecule has 0 fully saturated rings. The maximum atomic E-state index is 13.0. The molecule has 3 rings (SSSR count). The van der Waals surface area contributed by atoms with Gasteiger partial charge in [0.2, 0.25) is 5.91 Å². The van der Waals surface area contributed by atoms with Gasteiger partial charge in [-0.2, -0.15) is 0 Å². The van der Waals surface area contributed by atoms with E-state index in [4.69, 9.17) is 0 Å². The predicted molar refractivity (Wildman–Crippen MR) is 129 cm³/mol. The van der Waals surface area contributed by atoms with Crippen molar-refractivity contribution in [3.8, 4) is 0 Å². The van der Waals surface area contributed by atoms with E-state index in [0.717, 1.165) is 28.2 Å². The number of rotatable bonds is 10. The third kappa shape index (κ3) is 8.23. The van der Waals surface area contributed by atoms with Gasteiger partial charge in [0.1, 0.15) is 11.9 Å². The highest BCUT2D eigenvalue weighted by atomic mass is 32.2. The number of pyridine rings is 1. The number of nitrogens with one attached hydrogen (secondary N) is 3. The zero-order chi connectivity index (χ0) is 23.5. The lowest BCUT2D eigenvalue weighted by atomic mass is 10.1. The van der Waals surface area contributed by atoms with Crippen LogP contribution in [0.2, 0.25) is 0 Å². The van der Waals surface area contributed by atoms with Gasteiger partial charge in [-0.15, -0.1) is 11.8 Å². The van der Waals surface area contributed by atoms with Gasteiger partial charge < -0.3 is 16.0 Å². The van der Waals surface area contributed by atoms with Gasteiger partial charge >= 0.3 is 6.03 Å². The van der Waals surface area contributed by atoms with Crippen LogP contribution in [-0.2, 0) is 17.1 Å². The third-order valence-corrected chi connectivity index (χ3v) is 5.90. The molecule has 0 spiro atoms. The number of carbonyl (C=O) groups is 2. The Morgan fingerprint density at radius 2 is 1.79 bits per heavy atom. The van der Waals surface area contributed by atoms with Crippen molar-refractivity contribution in [2.45, 2.75) is 43.0 Å². The highest BCUT2D eigenvalue weighted by Gasteiger charge is 2.20. The molecule has 172 valence electrons. The molecule has 0 saturated carbocycles. The SMILES string of the molecule is CCCC(NC(=O)NCc1ccc(F)cc1)C(=O)Nc1ccc(SCc2cccnc2)cc1. The van der Waals surface area contributed by atoms with Gasteiger partial charge in [0.25, 0.3) is 0 Å². The Balaban J connectivity index is 1.49. The van der Waals surface area contributed by atoms with E-state index in [1.54, 1.807) is 30.1 Å². The first-order valence-electron chi connectivity index (χ1n) is 10.7. The van der Waals surface area contributed by atoms with Crippen LogP contribution < -0.4 is 16.0 Å². The van der Waals surface area contributed by atoms with E-state index in [1.807, 2.05) is 49.5 Å². The van der Waals surface area contributed by atoms with Crippen LogP contribution in [0.4, 0.5) is 14.9 Å². The minimum absolute atomic E-state index is 0.241. The molecule has 0 bridgehead atoms. The topological polar surface area (TPSA) is 83.1 Å². The molecule has 3 amide bonds. The normalized spacial score (nSPS) is 11.5. The van der Waals surface area contributed by atoms with Crippen molar-refractivity contribution in [3.63, 3.8) is 0 Å². The maximum Gasteiger partial charge on any atom is 0.315 e. The molecule has 0 aliphatic heterocycles. The van der Waals surface area contributed by atoms with Crippen LogP contribution in [0.5, 0.6) is 0 Å². The van der Waals surface area contributed by atoms with Gasteiger partial charge in [-0.25, -0.2) is 9.18 Å². The zero-order valence-corrected chi connectivity index (χ0v) is 19.2. The molecule has 0 aliphatic carbocycles. The first kappa shape index (κ1) is 24.3. The summed E-state index contributed by atoms with van der Waals surface area (Å²) in [5, 5.41) is 8.30. The number of hydrogen-bond acceptors (Lipinski definition) is 4. The minimum Gasteiger partial charge on any atom is -0.334 e. The molecule has 1 heterocycles. The van der Waals surface area contributed by atoms with Crippen LogP contribution in [0.1, 0.15) is 30.9 Å². The lowest BCUT2D eigenvalue weighted by molar-refractivity contribution is -0.118. The van der Waals surface area contributed by atoms with E-state index in [1.165, 1.54) is 12.1 Å². The summed E-state index contributed by atoms with van der Waals surface area (Å²) in [7, 11) is 0. The van der Waals surface area contributed by atoms with Crippen molar-refractivity contribution in [1.29, 1.82) is 0 Å². The number of nitrogens with zero attached hydrogens (tertiary/aromatic N) is 1. The lowest BCUT2D eigenvalue weighted by Crippen LogP contribution is -2.47. The molecule has 0 saturated heterocycles. The minimum atomic E-state index is -0.664. The van der Waals surface area contributed by atoms with Crippen LogP contribution in [0.3, 0.4) is 0 Å². The maximum absolute atomic E-state index is 13.0. The molecule has 8 heteroatoms. The molecule has 3 aromatic rings. The Labute approximate surface area is 197 Å². The van der Waals surface area contributed by atoms with Crippen molar-refractivity contribution in [2.75, 3.05) is 5.32 Å². The second kappa shape index (κ2) is 12.6. The summed E-state index contributed by atoms with van der Waals surface area (Å²) < 4.78 is 13.0. The fourth-order valence-electron chi connectivity index (χ4n) is 3.07. The van der Waals surface area contributed by atoms with Gasteiger partial charge in [-0.3, -0.25) is 9.78 Å². The molecule has 1 unspecified atom stereocenters. The first-order valence-corrected chi connectivity index (χ1v) is 11.7. The number of thioether (sulfide) groups is 1. The summed E-state index contributed by atoms with van der Waals surface area (Å²) in [6, 6.07) is 16.3. The van der Waals surface area contributed by atoms with E-state index in [0.29, 0.717) is 12.1 Å². The summed E-state index contributed by atoms with van der Waals surface area (Å²) in [6.07, 6.45) is 4.84. The first-order chi connectivity index (χ1) is 16.0. The van der Waals surface area contributed by atoms with Crippen LogP contribution in [0, 0.1) is 5.82 Å². The molecule has 33 heavy (non-hydrogen) atoms. The largest absolute Gasteiger partial charge is 0.334 e. The molecular formula is C25H27FN4O2S. The number of aromatic nitrogens is 1. The number of carbonyl (C=O) groups excluding carboxylic acids is 2. The summed E-state index contributed by atoms with van der Waals surface area (Å²) >= 11 is 1.69. The van der Waals surface area contributed by atoms with Gasteiger partial charge in [-0.05, 0) is 60.0 Å². The van der Waals surface area contributed by atoms with E-state index in [9.17, 15) is 14.0 Å². The number of halogens is 1. The van der Waals surface area contributed by atoms with E-state index in [-0.39, 0.29) is 18.3 Å². The average molecular weight is 467 g/mol. The fourth-order valence-corrected chi connectivity index (χ4v) is 3.90. The number of urea groups is 1. The zero-order valence-electron chi connectivity index (χ0n) is 18.4. The van der Waals surface area contributed by atoms with Gasteiger partial charge in [0.05, 0.1) is 0 Å². The van der Waals surface area contributed by atoms with Crippen LogP contribution in [0.25, 0.3) is 0 Å². The Hall–Kier alpha value is -3.39. The summed E-state index contributed by atoms with van der Waals surface area (Å²) in [4.78, 5) is 30.2. The Morgan fingerprint density at radius 3 is 2.45 bits per heavy atom. The van der Waals surface area contributed by atoms with Crippen LogP contribution in [-0.4, -0.2) is 23.0 Å². The number of benzene rings is 2. The van der Waals surface area contributed by atoms with Gasteiger partial charge in [-0.1, -0.05) is 31.5 Å². The van der Waals surface area contributed by atoms with Crippen molar-refractivity contribution in [3.05, 3.63) is 90.0 Å². The monoisotopic (exact) mass is 466 g/mol. The lowest BCUT2D eigenvalue weighted by Gasteiger charge is -2.18. The number of hydrogen-bond donors (Lipinski definition) is 3. The molecule has 0 aliphatic rings. The summed E-state index contributed by atoms with van der Waals surface area (Å²) in [5.41, 5.74) is 2.58. The quantitative estimate of drug-likeness (QED) is 0.362. The second-order valence-corrected chi connectivity index (χ2v) is 8.51. The van der Waals surface area contributed by atoms with Crippen molar-refractivity contribution in [1.82, 2.24) is 15.6 Å². The van der Waals surface area contributed by atoms with Crippen molar-refractivity contribution in [2.24, 2.45) is 0 Å². The predicted octanol–water partition coefficient (Wildman–Crippen LogP) is 5.12. The molecular weight excluding hydrogens is 439 g/mol. The van der Waals surface area contributed by atoms with E-state index < -0.39 is 12.1 Å². The molecule has 6 nitrogen and oxygen atoms in total. The Kier molecular flexibility index (Phi) is 9.26. The highest BCUT2D eigenvalue weighted by Crippen LogP contribution is 2.24. The summed E-state index contributed by atoms with van der Waals surface area (Å²) in [5.74, 6) is 0.210.